The van der Waals surface area contributed by atoms with Gasteiger partial charge in [-0.2, -0.15) is 5.10 Å². The largest absolute Gasteiger partial charge is 0.315 e. The van der Waals surface area contributed by atoms with Gasteiger partial charge in [-0.1, -0.05) is 20.8 Å². The van der Waals surface area contributed by atoms with E-state index in [9.17, 15) is 0 Å². The van der Waals surface area contributed by atoms with Crippen LogP contribution in [-0.4, -0.2) is 16.3 Å². The molecule has 0 radical (unpaired) electrons. The van der Waals surface area contributed by atoms with Crippen LogP contribution < -0.4 is 0 Å². The lowest BCUT2D eigenvalue weighted by Crippen LogP contribution is -2.13. The highest BCUT2D eigenvalue weighted by Gasteiger charge is 2.19. The Hall–Kier alpha value is -1.30. The molecule has 1 heterocycles. The van der Waals surface area contributed by atoms with Crippen molar-refractivity contribution in [3.05, 3.63) is 28.9 Å². The lowest BCUT2D eigenvalue weighted by atomic mass is 9.88. The van der Waals surface area contributed by atoms with Gasteiger partial charge in [0.05, 0.1) is 6.20 Å². The van der Waals surface area contributed by atoms with Crippen LogP contribution in [0.1, 0.15) is 32.0 Å². The molecule has 0 saturated carbocycles. The summed E-state index contributed by atoms with van der Waals surface area (Å²) in [6.07, 6.45) is 1.92. The molecule has 1 aromatic heterocycles. The van der Waals surface area contributed by atoms with Crippen molar-refractivity contribution >= 4 is 0 Å². The summed E-state index contributed by atoms with van der Waals surface area (Å²) in [5, 5.41) is 4.29. The summed E-state index contributed by atoms with van der Waals surface area (Å²) in [4.78, 5) is 3.33. The standard InChI is InChI=1S/C11H17N3/c1-9-10(11(2,3)4)8-13-14(9)7-6-12-5/h8H,6-7H2,1-4H3. The van der Waals surface area contributed by atoms with Crippen molar-refractivity contribution in [3.63, 3.8) is 0 Å². The summed E-state index contributed by atoms with van der Waals surface area (Å²) >= 11 is 0. The van der Waals surface area contributed by atoms with Crippen molar-refractivity contribution in [1.82, 2.24) is 9.78 Å². The molecule has 0 aromatic carbocycles. The SMILES string of the molecule is [C-]#[N+]CCn1ncc(C(C)(C)C)c1C. The highest BCUT2D eigenvalue weighted by molar-refractivity contribution is 5.24. The fraction of sp³-hybridized carbons (Fsp3) is 0.636. The summed E-state index contributed by atoms with van der Waals surface area (Å²) in [5.74, 6) is 0. The lowest BCUT2D eigenvalue weighted by Gasteiger charge is -2.17. The Kier molecular flexibility index (Phi) is 2.95. The molecule has 3 heteroatoms. The molecule has 1 rings (SSSR count). The van der Waals surface area contributed by atoms with Gasteiger partial charge in [0.15, 0.2) is 0 Å². The first-order valence-electron chi connectivity index (χ1n) is 4.83. The zero-order valence-electron chi connectivity index (χ0n) is 9.33. The summed E-state index contributed by atoms with van der Waals surface area (Å²) in [5.41, 5.74) is 2.59. The highest BCUT2D eigenvalue weighted by atomic mass is 15.3. The molecule has 14 heavy (non-hydrogen) atoms. The molecule has 0 spiro atoms. The predicted molar refractivity (Wildman–Crippen MR) is 57.1 cm³/mol. The van der Waals surface area contributed by atoms with Crippen molar-refractivity contribution in [2.24, 2.45) is 0 Å². The zero-order chi connectivity index (χ0) is 10.8. The van der Waals surface area contributed by atoms with E-state index >= 15 is 0 Å². The second-order valence-corrected chi connectivity index (χ2v) is 4.50. The molecule has 0 fully saturated rings. The maximum Gasteiger partial charge on any atom is 0.234 e. The normalized spacial score (nSPS) is 11.4. The van der Waals surface area contributed by atoms with Crippen molar-refractivity contribution in [1.29, 1.82) is 0 Å². The molecule has 0 aliphatic carbocycles. The quantitative estimate of drug-likeness (QED) is 0.658. The van der Waals surface area contributed by atoms with Crippen LogP contribution in [0, 0.1) is 13.5 Å². The van der Waals surface area contributed by atoms with Gasteiger partial charge in [-0.25, -0.2) is 6.57 Å². The maximum absolute atomic E-state index is 6.74. The fourth-order valence-corrected chi connectivity index (χ4v) is 1.55. The zero-order valence-corrected chi connectivity index (χ0v) is 9.33. The molecule has 0 amide bonds. The third-order valence-electron chi connectivity index (χ3n) is 2.33. The minimum atomic E-state index is 0.139. The van der Waals surface area contributed by atoms with E-state index in [-0.39, 0.29) is 5.41 Å². The number of hydrogen-bond acceptors (Lipinski definition) is 1. The second-order valence-electron chi connectivity index (χ2n) is 4.50. The van der Waals surface area contributed by atoms with Gasteiger partial charge in [-0.3, -0.25) is 4.68 Å². The molecule has 3 nitrogen and oxygen atoms in total. The van der Waals surface area contributed by atoms with Gasteiger partial charge in [-0.15, -0.1) is 0 Å². The van der Waals surface area contributed by atoms with Crippen LogP contribution in [0.25, 0.3) is 4.85 Å². The Morgan fingerprint density at radius 2 is 2.14 bits per heavy atom. The molecule has 0 saturated heterocycles. The van der Waals surface area contributed by atoms with Gasteiger partial charge in [0.2, 0.25) is 6.54 Å². The van der Waals surface area contributed by atoms with Gasteiger partial charge in [0.1, 0.15) is 6.54 Å². The van der Waals surface area contributed by atoms with Crippen molar-refractivity contribution < 1.29 is 0 Å². The Balaban J connectivity index is 2.92. The number of nitrogens with zero attached hydrogens (tertiary/aromatic N) is 3. The number of rotatable bonds is 2. The fourth-order valence-electron chi connectivity index (χ4n) is 1.55. The van der Waals surface area contributed by atoms with E-state index in [2.05, 4.69) is 37.6 Å². The average molecular weight is 191 g/mol. The first kappa shape index (κ1) is 10.8. The van der Waals surface area contributed by atoms with Gasteiger partial charge >= 0.3 is 0 Å². The smallest absolute Gasteiger partial charge is 0.234 e. The topological polar surface area (TPSA) is 22.2 Å². The molecule has 1 aromatic rings. The minimum absolute atomic E-state index is 0.139. The maximum atomic E-state index is 6.74. The van der Waals surface area contributed by atoms with Crippen molar-refractivity contribution in [3.8, 4) is 0 Å². The second kappa shape index (κ2) is 3.83. The van der Waals surface area contributed by atoms with Gasteiger partial charge in [0, 0.05) is 5.69 Å². The molecule has 0 bridgehead atoms. The summed E-state index contributed by atoms with van der Waals surface area (Å²) < 4.78 is 1.92. The molecule has 0 atom stereocenters. The molecule has 0 N–H and O–H groups in total. The van der Waals surface area contributed by atoms with E-state index in [1.165, 1.54) is 11.3 Å². The molecule has 76 valence electrons. The third kappa shape index (κ3) is 2.14. The van der Waals surface area contributed by atoms with Crippen LogP contribution >= 0.6 is 0 Å². The predicted octanol–water partition coefficient (Wildman–Crippen LogP) is 2.41. The average Bonchev–Trinajstić information content (AvgIpc) is 2.42. The lowest BCUT2D eigenvalue weighted by molar-refractivity contribution is 0.575. The molecular formula is C11H17N3. The Bertz CT molecular complexity index is 350. The first-order chi connectivity index (χ1) is 6.46. The number of hydrogen-bond donors (Lipinski definition) is 0. The summed E-state index contributed by atoms with van der Waals surface area (Å²) in [6.45, 7) is 16.5. The van der Waals surface area contributed by atoms with Crippen LogP contribution in [0.4, 0.5) is 0 Å². The van der Waals surface area contributed by atoms with Crippen LogP contribution in [0.5, 0.6) is 0 Å². The van der Waals surface area contributed by atoms with Crippen LogP contribution in [0.3, 0.4) is 0 Å². The van der Waals surface area contributed by atoms with E-state index in [1.807, 2.05) is 10.9 Å². The number of aromatic nitrogens is 2. The van der Waals surface area contributed by atoms with E-state index in [0.29, 0.717) is 13.1 Å². The molecule has 0 aliphatic rings. The van der Waals surface area contributed by atoms with E-state index in [0.717, 1.165) is 0 Å². The monoisotopic (exact) mass is 191 g/mol. The van der Waals surface area contributed by atoms with Crippen LogP contribution in [0.15, 0.2) is 6.20 Å². The van der Waals surface area contributed by atoms with Crippen molar-refractivity contribution in [2.75, 3.05) is 6.54 Å². The van der Waals surface area contributed by atoms with E-state index in [1.54, 1.807) is 0 Å². The minimum Gasteiger partial charge on any atom is -0.315 e. The van der Waals surface area contributed by atoms with E-state index < -0.39 is 0 Å². The molecular weight excluding hydrogens is 174 g/mol. The first-order valence-corrected chi connectivity index (χ1v) is 4.83. The molecule has 0 aliphatic heterocycles. The van der Waals surface area contributed by atoms with Crippen LogP contribution in [0.2, 0.25) is 0 Å². The third-order valence-corrected chi connectivity index (χ3v) is 2.33. The Labute approximate surface area is 85.6 Å². The van der Waals surface area contributed by atoms with Crippen LogP contribution in [-0.2, 0) is 12.0 Å². The Morgan fingerprint density at radius 1 is 1.50 bits per heavy atom. The van der Waals surface area contributed by atoms with Gasteiger partial charge < -0.3 is 4.85 Å². The Morgan fingerprint density at radius 3 is 2.57 bits per heavy atom. The summed E-state index contributed by atoms with van der Waals surface area (Å²) in [6, 6.07) is 0. The van der Waals surface area contributed by atoms with Gasteiger partial charge in [0.25, 0.3) is 0 Å². The molecule has 0 unspecified atom stereocenters. The van der Waals surface area contributed by atoms with Crippen molar-refractivity contribution in [2.45, 2.75) is 39.7 Å². The van der Waals surface area contributed by atoms with Gasteiger partial charge in [-0.05, 0) is 17.9 Å². The van der Waals surface area contributed by atoms with E-state index in [4.69, 9.17) is 6.57 Å². The highest BCUT2D eigenvalue weighted by Crippen LogP contribution is 2.24. The summed E-state index contributed by atoms with van der Waals surface area (Å²) in [7, 11) is 0.